The second-order valence-corrected chi connectivity index (χ2v) is 9.87. The molecule has 1 aliphatic heterocycles. The molecule has 1 aromatic heterocycles. The van der Waals surface area contributed by atoms with Gasteiger partial charge in [0.15, 0.2) is 0 Å². The lowest BCUT2D eigenvalue weighted by Gasteiger charge is -2.44. The van der Waals surface area contributed by atoms with Crippen LogP contribution in [0, 0.1) is 0 Å². The fourth-order valence-corrected chi connectivity index (χ4v) is 4.71. The molecular weight excluding hydrogens is 401 g/mol. The molecule has 0 aliphatic carbocycles. The lowest BCUT2D eigenvalue weighted by atomic mass is 10.1. The minimum atomic E-state index is -3.82. The van der Waals surface area contributed by atoms with E-state index < -0.39 is 27.8 Å². The summed E-state index contributed by atoms with van der Waals surface area (Å²) in [4.78, 5) is 17.7. The van der Waals surface area contributed by atoms with Gasteiger partial charge in [-0.05, 0) is 40.7 Å². The van der Waals surface area contributed by atoms with Crippen LogP contribution in [0.25, 0.3) is 0 Å². The van der Waals surface area contributed by atoms with Crippen molar-refractivity contribution in [2.24, 2.45) is 0 Å². The number of halogens is 2. The molecule has 0 radical (unpaired) electrons. The first-order chi connectivity index (χ1) is 11.8. The number of hydrogen-bond acceptors (Lipinski definition) is 5. The number of hydrogen-bond donors (Lipinski definition) is 0. The number of carbonyl (C=O) groups is 1. The molecule has 2 rings (SSSR count). The Bertz CT molecular complexity index is 795. The van der Waals surface area contributed by atoms with Gasteiger partial charge in [-0.3, -0.25) is 0 Å². The van der Waals surface area contributed by atoms with E-state index in [9.17, 15) is 13.2 Å². The number of amides is 1. The van der Waals surface area contributed by atoms with Gasteiger partial charge in [-0.2, -0.15) is 4.31 Å². The highest BCUT2D eigenvalue weighted by Crippen LogP contribution is 2.28. The number of sulfonamides is 1. The fourth-order valence-electron chi connectivity index (χ4n) is 2.71. The largest absolute Gasteiger partial charge is 0.444 e. The quantitative estimate of drug-likeness (QED) is 0.680. The second-order valence-electron chi connectivity index (χ2n) is 7.21. The number of aromatic nitrogens is 1. The van der Waals surface area contributed by atoms with Crippen LogP contribution in [-0.4, -0.2) is 59.5 Å². The Morgan fingerprint density at radius 3 is 2.38 bits per heavy atom. The Balaban J connectivity index is 2.23. The van der Waals surface area contributed by atoms with Gasteiger partial charge in [0, 0.05) is 31.4 Å². The highest BCUT2D eigenvalue weighted by molar-refractivity contribution is 7.89. The minimum Gasteiger partial charge on any atom is -0.444 e. The van der Waals surface area contributed by atoms with E-state index in [1.165, 1.54) is 16.6 Å². The SMILES string of the molecule is C[C@@H]1[C@H](C)N(C(=O)OC(C)(C)C)CCN1S(=O)(=O)c1cnc(Cl)c(Cl)c1. The molecule has 7 nitrogen and oxygen atoms in total. The Morgan fingerprint density at radius 2 is 1.85 bits per heavy atom. The summed E-state index contributed by atoms with van der Waals surface area (Å²) in [6.07, 6.45) is 0.728. The van der Waals surface area contributed by atoms with Gasteiger partial charge in [0.1, 0.15) is 15.6 Å². The van der Waals surface area contributed by atoms with E-state index in [1.807, 2.05) is 0 Å². The molecule has 0 aromatic carbocycles. The highest BCUT2D eigenvalue weighted by Gasteiger charge is 2.41. The third-order valence-electron chi connectivity index (χ3n) is 4.21. The minimum absolute atomic E-state index is 0.0309. The molecule has 10 heteroatoms. The van der Waals surface area contributed by atoms with Crippen molar-refractivity contribution >= 4 is 39.3 Å². The molecule has 0 bridgehead atoms. The van der Waals surface area contributed by atoms with Crippen molar-refractivity contribution in [2.75, 3.05) is 13.1 Å². The smallest absolute Gasteiger partial charge is 0.410 e. The maximum Gasteiger partial charge on any atom is 0.410 e. The summed E-state index contributed by atoms with van der Waals surface area (Å²) in [7, 11) is -3.82. The third kappa shape index (κ3) is 4.42. The number of ether oxygens (including phenoxy) is 1. The van der Waals surface area contributed by atoms with Gasteiger partial charge in [0.05, 0.1) is 5.02 Å². The highest BCUT2D eigenvalue weighted by atomic mass is 35.5. The van der Waals surface area contributed by atoms with Gasteiger partial charge < -0.3 is 9.64 Å². The Labute approximate surface area is 164 Å². The molecule has 26 heavy (non-hydrogen) atoms. The molecule has 1 amide bonds. The average Bonchev–Trinajstić information content (AvgIpc) is 2.50. The molecule has 0 unspecified atom stereocenters. The number of rotatable bonds is 2. The Hall–Kier alpha value is -1.09. The van der Waals surface area contributed by atoms with E-state index in [0.29, 0.717) is 0 Å². The van der Waals surface area contributed by atoms with Crippen molar-refractivity contribution in [1.29, 1.82) is 0 Å². The summed E-state index contributed by atoms with van der Waals surface area (Å²) in [5.74, 6) is 0. The van der Waals surface area contributed by atoms with Crippen LogP contribution in [0.4, 0.5) is 4.79 Å². The Kier molecular flexibility index (Phi) is 6.12. The fraction of sp³-hybridized carbons (Fsp3) is 0.625. The second kappa shape index (κ2) is 7.50. The van der Waals surface area contributed by atoms with Crippen molar-refractivity contribution in [3.05, 3.63) is 22.4 Å². The predicted octanol–water partition coefficient (Wildman–Crippen LogP) is 3.41. The maximum absolute atomic E-state index is 13.0. The van der Waals surface area contributed by atoms with Crippen molar-refractivity contribution in [2.45, 2.75) is 57.2 Å². The van der Waals surface area contributed by atoms with Crippen molar-refractivity contribution < 1.29 is 17.9 Å². The van der Waals surface area contributed by atoms with Crippen LogP contribution in [0.5, 0.6) is 0 Å². The lowest BCUT2D eigenvalue weighted by Crippen LogP contribution is -2.60. The zero-order valence-electron chi connectivity index (χ0n) is 15.4. The maximum atomic E-state index is 13.0. The topological polar surface area (TPSA) is 79.8 Å². The van der Waals surface area contributed by atoms with E-state index in [-0.39, 0.29) is 34.2 Å². The summed E-state index contributed by atoms with van der Waals surface area (Å²) >= 11 is 11.7. The normalized spacial score (nSPS) is 22.3. The predicted molar refractivity (Wildman–Crippen MR) is 100 cm³/mol. The molecule has 1 saturated heterocycles. The van der Waals surface area contributed by atoms with Crippen LogP contribution < -0.4 is 0 Å². The summed E-state index contributed by atoms with van der Waals surface area (Å²) in [6, 6.07) is 0.476. The first-order valence-electron chi connectivity index (χ1n) is 8.17. The average molecular weight is 424 g/mol. The van der Waals surface area contributed by atoms with Crippen molar-refractivity contribution in [1.82, 2.24) is 14.2 Å². The zero-order valence-corrected chi connectivity index (χ0v) is 17.7. The van der Waals surface area contributed by atoms with E-state index in [0.717, 1.165) is 0 Å². The Morgan fingerprint density at radius 1 is 1.23 bits per heavy atom. The molecule has 2 heterocycles. The first-order valence-corrected chi connectivity index (χ1v) is 10.4. The molecule has 146 valence electrons. The zero-order chi connectivity index (χ0) is 19.9. The first kappa shape index (κ1) is 21.2. The van der Waals surface area contributed by atoms with Crippen LogP contribution in [0.2, 0.25) is 10.2 Å². The van der Waals surface area contributed by atoms with Gasteiger partial charge in [0.25, 0.3) is 0 Å². The van der Waals surface area contributed by atoms with E-state index in [4.69, 9.17) is 27.9 Å². The molecule has 0 N–H and O–H groups in total. The van der Waals surface area contributed by atoms with Gasteiger partial charge in [-0.25, -0.2) is 18.2 Å². The van der Waals surface area contributed by atoms with Gasteiger partial charge in [-0.1, -0.05) is 23.2 Å². The van der Waals surface area contributed by atoms with Crippen LogP contribution in [0.15, 0.2) is 17.2 Å². The standard InChI is InChI=1S/C16H23Cl2N3O4S/c1-10-11(2)21(7-6-20(10)15(22)25-16(3,4)5)26(23,24)12-8-13(17)14(18)19-9-12/h8-11H,6-7H2,1-5H3/t10-,11+/m0/s1. The summed E-state index contributed by atoms with van der Waals surface area (Å²) in [5, 5.41) is 0.114. The monoisotopic (exact) mass is 423 g/mol. The number of pyridine rings is 1. The molecular formula is C16H23Cl2N3O4S. The van der Waals surface area contributed by atoms with Crippen molar-refractivity contribution in [3.8, 4) is 0 Å². The van der Waals surface area contributed by atoms with E-state index >= 15 is 0 Å². The van der Waals surface area contributed by atoms with Gasteiger partial charge in [-0.15, -0.1) is 0 Å². The van der Waals surface area contributed by atoms with E-state index in [1.54, 1.807) is 39.5 Å². The third-order valence-corrected chi connectivity index (χ3v) is 6.85. The summed E-state index contributed by atoms with van der Waals surface area (Å²) in [6.45, 7) is 9.29. The number of carbonyl (C=O) groups excluding carboxylic acids is 1. The molecule has 0 saturated carbocycles. The lowest BCUT2D eigenvalue weighted by molar-refractivity contribution is 0.000104. The summed E-state index contributed by atoms with van der Waals surface area (Å²) in [5.41, 5.74) is -0.616. The molecule has 1 fully saturated rings. The van der Waals surface area contributed by atoms with Crippen LogP contribution in [-0.2, 0) is 14.8 Å². The van der Waals surface area contributed by atoms with Crippen LogP contribution >= 0.6 is 23.2 Å². The molecule has 1 aliphatic rings. The van der Waals surface area contributed by atoms with E-state index in [2.05, 4.69) is 4.98 Å². The van der Waals surface area contributed by atoms with Crippen molar-refractivity contribution in [3.63, 3.8) is 0 Å². The van der Waals surface area contributed by atoms with Gasteiger partial charge >= 0.3 is 6.09 Å². The molecule has 1 aromatic rings. The number of piperazine rings is 1. The molecule has 2 atom stereocenters. The van der Waals surface area contributed by atoms with Crippen LogP contribution in [0.1, 0.15) is 34.6 Å². The summed E-state index contributed by atoms with van der Waals surface area (Å²) < 4.78 is 32.7. The van der Waals surface area contributed by atoms with Gasteiger partial charge in [0.2, 0.25) is 10.0 Å². The number of nitrogens with zero attached hydrogens (tertiary/aromatic N) is 3. The molecule has 0 spiro atoms. The van der Waals surface area contributed by atoms with Crippen LogP contribution in [0.3, 0.4) is 0 Å².